The van der Waals surface area contributed by atoms with E-state index in [0.29, 0.717) is 13.1 Å². The second-order valence-corrected chi connectivity index (χ2v) is 5.36. The molecular formula is C15H19F3N2O. The number of anilines is 1. The lowest BCUT2D eigenvalue weighted by Gasteiger charge is -2.25. The fourth-order valence-corrected chi connectivity index (χ4v) is 2.54. The molecular weight excluding hydrogens is 281 g/mol. The van der Waals surface area contributed by atoms with Crippen molar-refractivity contribution in [3.05, 3.63) is 29.3 Å². The van der Waals surface area contributed by atoms with Gasteiger partial charge in [0, 0.05) is 18.8 Å². The molecule has 0 aliphatic carbocycles. The summed E-state index contributed by atoms with van der Waals surface area (Å²) in [5, 5.41) is 0. The molecule has 1 fully saturated rings. The van der Waals surface area contributed by atoms with E-state index in [4.69, 9.17) is 5.73 Å². The molecule has 116 valence electrons. The molecule has 0 radical (unpaired) electrons. The molecule has 1 aliphatic rings. The van der Waals surface area contributed by atoms with Gasteiger partial charge in [0.1, 0.15) is 0 Å². The van der Waals surface area contributed by atoms with Gasteiger partial charge in [-0.15, -0.1) is 0 Å². The predicted molar refractivity (Wildman–Crippen MR) is 74.8 cm³/mol. The van der Waals surface area contributed by atoms with Crippen LogP contribution in [0.4, 0.5) is 18.9 Å². The quantitative estimate of drug-likeness (QED) is 0.804. The van der Waals surface area contributed by atoms with Gasteiger partial charge in [-0.25, -0.2) is 0 Å². The summed E-state index contributed by atoms with van der Waals surface area (Å²) in [6, 6.07) is 2.91. The highest BCUT2D eigenvalue weighted by atomic mass is 19.4. The molecule has 2 N–H and O–H groups in total. The number of amides is 1. The summed E-state index contributed by atoms with van der Waals surface area (Å²) in [5.74, 6) is -0.402. The first-order valence-corrected chi connectivity index (χ1v) is 7.15. The molecule has 6 heteroatoms. The Hall–Kier alpha value is -1.72. The van der Waals surface area contributed by atoms with Crippen LogP contribution < -0.4 is 5.73 Å². The molecule has 0 saturated carbocycles. The van der Waals surface area contributed by atoms with Crippen LogP contribution in [0.1, 0.15) is 48.0 Å². The third-order valence-electron chi connectivity index (χ3n) is 3.75. The van der Waals surface area contributed by atoms with E-state index in [1.807, 2.05) is 0 Å². The van der Waals surface area contributed by atoms with Crippen molar-refractivity contribution in [1.82, 2.24) is 4.90 Å². The second-order valence-electron chi connectivity index (χ2n) is 5.36. The van der Waals surface area contributed by atoms with E-state index in [1.165, 1.54) is 0 Å². The zero-order chi connectivity index (χ0) is 15.5. The van der Waals surface area contributed by atoms with E-state index < -0.39 is 17.6 Å². The Bertz CT molecular complexity index is 506. The zero-order valence-electron chi connectivity index (χ0n) is 11.7. The first kappa shape index (κ1) is 15.7. The minimum Gasteiger partial charge on any atom is -0.398 e. The summed E-state index contributed by atoms with van der Waals surface area (Å²) in [6.45, 7) is 1.16. The van der Waals surface area contributed by atoms with Crippen LogP contribution in [0.5, 0.6) is 0 Å². The number of rotatable bonds is 1. The molecule has 21 heavy (non-hydrogen) atoms. The van der Waals surface area contributed by atoms with Gasteiger partial charge in [0.15, 0.2) is 0 Å². The number of hydrogen-bond donors (Lipinski definition) is 1. The molecule has 1 heterocycles. The highest BCUT2D eigenvalue weighted by Crippen LogP contribution is 2.31. The number of carbonyl (C=O) groups is 1. The smallest absolute Gasteiger partial charge is 0.398 e. The highest BCUT2D eigenvalue weighted by Gasteiger charge is 2.32. The van der Waals surface area contributed by atoms with Crippen LogP contribution >= 0.6 is 0 Å². The third kappa shape index (κ3) is 3.89. The fourth-order valence-electron chi connectivity index (χ4n) is 2.54. The molecule has 0 spiro atoms. The predicted octanol–water partition coefficient (Wildman–Crippen LogP) is 3.69. The molecule has 0 bridgehead atoms. The minimum atomic E-state index is -4.47. The van der Waals surface area contributed by atoms with Crippen LogP contribution in [-0.2, 0) is 6.18 Å². The maximum atomic E-state index is 12.8. The normalized spacial score (nSPS) is 17.2. The van der Waals surface area contributed by atoms with E-state index in [0.717, 1.165) is 50.3 Å². The van der Waals surface area contributed by atoms with Crippen LogP contribution in [-0.4, -0.2) is 23.9 Å². The molecule has 1 aromatic carbocycles. The first-order chi connectivity index (χ1) is 9.89. The fraction of sp³-hybridized carbons (Fsp3) is 0.533. The van der Waals surface area contributed by atoms with Crippen molar-refractivity contribution in [2.45, 2.75) is 38.3 Å². The van der Waals surface area contributed by atoms with Gasteiger partial charge in [0.25, 0.3) is 5.91 Å². The van der Waals surface area contributed by atoms with E-state index in [9.17, 15) is 18.0 Å². The molecule has 1 aromatic rings. The number of nitrogens with zero attached hydrogens (tertiary/aromatic N) is 1. The maximum Gasteiger partial charge on any atom is 0.416 e. The van der Waals surface area contributed by atoms with Gasteiger partial charge >= 0.3 is 6.18 Å². The maximum absolute atomic E-state index is 12.8. The Kier molecular flexibility index (Phi) is 4.75. The monoisotopic (exact) mass is 300 g/mol. The summed E-state index contributed by atoms with van der Waals surface area (Å²) < 4.78 is 38.3. The average molecular weight is 300 g/mol. The Labute approximate surface area is 121 Å². The van der Waals surface area contributed by atoms with Crippen molar-refractivity contribution in [3.8, 4) is 0 Å². The topological polar surface area (TPSA) is 46.3 Å². The number of carbonyl (C=O) groups excluding carboxylic acids is 1. The number of likely N-dealkylation sites (tertiary alicyclic amines) is 1. The van der Waals surface area contributed by atoms with Gasteiger partial charge in [-0.05, 0) is 31.0 Å². The van der Waals surface area contributed by atoms with Gasteiger partial charge in [0.05, 0.1) is 11.1 Å². The van der Waals surface area contributed by atoms with E-state index in [2.05, 4.69) is 0 Å². The standard InChI is InChI=1S/C15H19F3N2O/c16-15(17,18)11-6-7-13(19)12(10-11)14(21)20-8-4-2-1-3-5-9-20/h6-7,10H,1-5,8-9,19H2. The Balaban J connectivity index is 2.24. The highest BCUT2D eigenvalue weighted by molar-refractivity contribution is 5.99. The lowest BCUT2D eigenvalue weighted by atomic mass is 10.0. The van der Waals surface area contributed by atoms with E-state index >= 15 is 0 Å². The summed E-state index contributed by atoms with van der Waals surface area (Å²) in [5.41, 5.74) is 4.90. The van der Waals surface area contributed by atoms with Gasteiger partial charge in [-0.1, -0.05) is 19.3 Å². The first-order valence-electron chi connectivity index (χ1n) is 7.15. The molecule has 1 saturated heterocycles. The van der Waals surface area contributed by atoms with Crippen LogP contribution in [0.3, 0.4) is 0 Å². The number of halogens is 3. The molecule has 1 aliphatic heterocycles. The Morgan fingerprint density at radius 3 is 2.19 bits per heavy atom. The average Bonchev–Trinajstić information content (AvgIpc) is 2.36. The van der Waals surface area contributed by atoms with Crippen LogP contribution in [0.2, 0.25) is 0 Å². The van der Waals surface area contributed by atoms with E-state index in [-0.39, 0.29) is 11.3 Å². The molecule has 2 rings (SSSR count). The van der Waals surface area contributed by atoms with Gasteiger partial charge in [-0.3, -0.25) is 4.79 Å². The lowest BCUT2D eigenvalue weighted by molar-refractivity contribution is -0.137. The van der Waals surface area contributed by atoms with Crippen LogP contribution in [0, 0.1) is 0 Å². The van der Waals surface area contributed by atoms with Crippen molar-refractivity contribution in [2.75, 3.05) is 18.8 Å². The SMILES string of the molecule is Nc1ccc(C(F)(F)F)cc1C(=O)N1CCCCCCC1. The molecule has 0 unspecified atom stereocenters. The number of nitrogens with two attached hydrogens (primary N) is 1. The molecule has 0 atom stereocenters. The summed E-state index contributed by atoms with van der Waals surface area (Å²) in [6.07, 6.45) is 0.519. The van der Waals surface area contributed by atoms with Crippen LogP contribution in [0.15, 0.2) is 18.2 Å². The summed E-state index contributed by atoms with van der Waals surface area (Å²) >= 11 is 0. The minimum absolute atomic E-state index is 0.0506. The molecule has 1 amide bonds. The van der Waals surface area contributed by atoms with Crippen molar-refractivity contribution >= 4 is 11.6 Å². The van der Waals surface area contributed by atoms with Crippen molar-refractivity contribution in [1.29, 1.82) is 0 Å². The number of nitrogen functional groups attached to an aromatic ring is 1. The van der Waals surface area contributed by atoms with Crippen molar-refractivity contribution < 1.29 is 18.0 Å². The largest absolute Gasteiger partial charge is 0.416 e. The van der Waals surface area contributed by atoms with Gasteiger partial charge in [0.2, 0.25) is 0 Å². The number of alkyl halides is 3. The summed E-state index contributed by atoms with van der Waals surface area (Å²) in [4.78, 5) is 14.1. The van der Waals surface area contributed by atoms with Crippen molar-refractivity contribution in [3.63, 3.8) is 0 Å². The lowest BCUT2D eigenvalue weighted by Crippen LogP contribution is -2.34. The van der Waals surface area contributed by atoms with Crippen molar-refractivity contribution in [2.24, 2.45) is 0 Å². The van der Waals surface area contributed by atoms with Crippen LogP contribution in [0.25, 0.3) is 0 Å². The number of hydrogen-bond acceptors (Lipinski definition) is 2. The van der Waals surface area contributed by atoms with E-state index in [1.54, 1.807) is 4.90 Å². The number of benzene rings is 1. The summed E-state index contributed by atoms with van der Waals surface area (Å²) in [7, 11) is 0. The van der Waals surface area contributed by atoms with Gasteiger partial charge < -0.3 is 10.6 Å². The second kappa shape index (κ2) is 6.37. The molecule has 0 aromatic heterocycles. The zero-order valence-corrected chi connectivity index (χ0v) is 11.7. The third-order valence-corrected chi connectivity index (χ3v) is 3.75. The van der Waals surface area contributed by atoms with Gasteiger partial charge in [-0.2, -0.15) is 13.2 Å². The Morgan fingerprint density at radius 2 is 1.62 bits per heavy atom. The Morgan fingerprint density at radius 1 is 1.05 bits per heavy atom. The molecule has 3 nitrogen and oxygen atoms in total.